The number of rotatable bonds is 4. The number of anilines is 1. The first-order valence-corrected chi connectivity index (χ1v) is 7.44. The van der Waals surface area contributed by atoms with Crippen LogP contribution in [0.25, 0.3) is 0 Å². The van der Waals surface area contributed by atoms with Crippen LogP contribution < -0.4 is 15.4 Å². The molecule has 1 amide bonds. The Balaban J connectivity index is 1.84. The van der Waals surface area contributed by atoms with Crippen molar-refractivity contribution in [3.8, 4) is 5.75 Å². The zero-order valence-corrected chi connectivity index (χ0v) is 12.5. The molecule has 1 aliphatic carbocycles. The Hall–Kier alpha value is -1.62. The SMILES string of the molecule is CCOc1ccc(NC(=O)C(=S)NC2CCCC2)cc1. The minimum absolute atomic E-state index is 0.254. The number of thiocarbonyl (C=S) groups is 1. The molecular weight excluding hydrogens is 272 g/mol. The molecule has 1 aromatic carbocycles. The highest BCUT2D eigenvalue weighted by atomic mass is 32.1. The normalized spacial score (nSPS) is 14.8. The van der Waals surface area contributed by atoms with Gasteiger partial charge in [-0.2, -0.15) is 0 Å². The van der Waals surface area contributed by atoms with Crippen LogP contribution >= 0.6 is 12.2 Å². The largest absolute Gasteiger partial charge is 0.494 e. The van der Waals surface area contributed by atoms with Crippen LogP contribution in [-0.4, -0.2) is 23.5 Å². The fraction of sp³-hybridized carbons (Fsp3) is 0.467. The molecule has 0 bridgehead atoms. The Morgan fingerprint density at radius 1 is 1.30 bits per heavy atom. The van der Waals surface area contributed by atoms with E-state index in [2.05, 4.69) is 10.6 Å². The Morgan fingerprint density at radius 3 is 2.55 bits per heavy atom. The summed E-state index contributed by atoms with van der Waals surface area (Å²) in [7, 11) is 0. The van der Waals surface area contributed by atoms with Gasteiger partial charge in [-0.15, -0.1) is 0 Å². The number of ether oxygens (including phenoxy) is 1. The minimum atomic E-state index is -0.254. The van der Waals surface area contributed by atoms with Gasteiger partial charge < -0.3 is 15.4 Å². The maximum absolute atomic E-state index is 12.0. The Bertz CT molecular complexity index is 467. The lowest BCUT2D eigenvalue weighted by molar-refractivity contribution is -0.110. The predicted octanol–water partition coefficient (Wildman–Crippen LogP) is 2.88. The molecule has 0 unspecified atom stereocenters. The fourth-order valence-electron chi connectivity index (χ4n) is 2.31. The summed E-state index contributed by atoms with van der Waals surface area (Å²) in [4.78, 5) is 12.2. The van der Waals surface area contributed by atoms with Gasteiger partial charge in [0.2, 0.25) is 0 Å². The van der Waals surface area contributed by atoms with Crippen molar-refractivity contribution in [2.24, 2.45) is 0 Å². The molecule has 108 valence electrons. The lowest BCUT2D eigenvalue weighted by atomic mass is 10.2. The van der Waals surface area contributed by atoms with E-state index in [-0.39, 0.29) is 10.9 Å². The molecule has 0 aliphatic heterocycles. The summed E-state index contributed by atoms with van der Waals surface area (Å²) in [5.74, 6) is 0.535. The molecule has 0 aromatic heterocycles. The summed E-state index contributed by atoms with van der Waals surface area (Å²) in [6, 6.07) is 7.62. The molecule has 0 heterocycles. The zero-order valence-electron chi connectivity index (χ0n) is 11.6. The summed E-state index contributed by atoms with van der Waals surface area (Å²) < 4.78 is 5.35. The highest BCUT2D eigenvalue weighted by Gasteiger charge is 2.18. The third-order valence-electron chi connectivity index (χ3n) is 3.32. The van der Waals surface area contributed by atoms with Crippen LogP contribution in [0, 0.1) is 0 Å². The molecule has 1 saturated carbocycles. The van der Waals surface area contributed by atoms with Crippen LogP contribution in [0.1, 0.15) is 32.6 Å². The molecule has 0 saturated heterocycles. The number of hydrogen-bond acceptors (Lipinski definition) is 3. The van der Waals surface area contributed by atoms with E-state index < -0.39 is 0 Å². The highest BCUT2D eigenvalue weighted by molar-refractivity contribution is 7.82. The molecule has 0 atom stereocenters. The van der Waals surface area contributed by atoms with Gasteiger partial charge >= 0.3 is 0 Å². The lowest BCUT2D eigenvalue weighted by Crippen LogP contribution is -2.39. The Morgan fingerprint density at radius 2 is 1.95 bits per heavy atom. The van der Waals surface area contributed by atoms with Crippen molar-refractivity contribution in [1.82, 2.24) is 5.32 Å². The van der Waals surface area contributed by atoms with Crippen LogP contribution in [0.3, 0.4) is 0 Å². The third kappa shape index (κ3) is 4.20. The first-order chi connectivity index (χ1) is 9.69. The van der Waals surface area contributed by atoms with Crippen LogP contribution in [0.2, 0.25) is 0 Å². The first-order valence-electron chi connectivity index (χ1n) is 7.03. The van der Waals surface area contributed by atoms with Gasteiger partial charge in [0.05, 0.1) is 6.61 Å². The van der Waals surface area contributed by atoms with Crippen molar-refractivity contribution < 1.29 is 9.53 Å². The fourth-order valence-corrected chi connectivity index (χ4v) is 2.53. The first kappa shape index (κ1) is 14.8. The number of amides is 1. The van der Waals surface area contributed by atoms with E-state index in [1.165, 1.54) is 12.8 Å². The molecule has 0 radical (unpaired) electrons. The van der Waals surface area contributed by atoms with Crippen LogP contribution in [0.15, 0.2) is 24.3 Å². The maximum Gasteiger partial charge on any atom is 0.283 e. The van der Waals surface area contributed by atoms with E-state index in [0.29, 0.717) is 18.3 Å². The van der Waals surface area contributed by atoms with E-state index in [0.717, 1.165) is 18.6 Å². The third-order valence-corrected chi connectivity index (χ3v) is 3.62. The van der Waals surface area contributed by atoms with Crippen molar-refractivity contribution in [1.29, 1.82) is 0 Å². The standard InChI is InChI=1S/C15H20N2O2S/c1-2-19-13-9-7-12(8-10-13)16-14(18)15(20)17-11-5-3-4-6-11/h7-11H,2-6H2,1H3,(H,16,18)(H,17,20). The summed E-state index contributed by atoms with van der Waals surface area (Å²) in [5, 5.41) is 5.91. The van der Waals surface area contributed by atoms with Crippen molar-refractivity contribution >= 4 is 28.8 Å². The molecule has 2 rings (SSSR count). The number of carbonyl (C=O) groups excluding carboxylic acids is 1. The van der Waals surface area contributed by atoms with Crippen molar-refractivity contribution in [3.63, 3.8) is 0 Å². The molecule has 1 aliphatic rings. The molecule has 4 nitrogen and oxygen atoms in total. The number of benzene rings is 1. The molecule has 1 fully saturated rings. The van der Waals surface area contributed by atoms with Crippen LogP contribution in [0.5, 0.6) is 5.75 Å². The highest BCUT2D eigenvalue weighted by Crippen LogP contribution is 2.18. The second-order valence-corrected chi connectivity index (χ2v) is 5.27. The predicted molar refractivity (Wildman–Crippen MR) is 84.2 cm³/mol. The van der Waals surface area contributed by atoms with E-state index in [9.17, 15) is 4.79 Å². The smallest absolute Gasteiger partial charge is 0.283 e. The molecule has 20 heavy (non-hydrogen) atoms. The maximum atomic E-state index is 12.0. The molecule has 0 spiro atoms. The topological polar surface area (TPSA) is 50.4 Å². The lowest BCUT2D eigenvalue weighted by Gasteiger charge is -2.14. The minimum Gasteiger partial charge on any atom is -0.494 e. The molecular formula is C15H20N2O2S. The second kappa shape index (κ2) is 7.24. The van der Waals surface area contributed by atoms with Gasteiger partial charge in [-0.25, -0.2) is 0 Å². The number of carbonyl (C=O) groups is 1. The van der Waals surface area contributed by atoms with Crippen LogP contribution in [-0.2, 0) is 4.79 Å². The van der Waals surface area contributed by atoms with Gasteiger partial charge in [0.15, 0.2) is 4.99 Å². The average Bonchev–Trinajstić information content (AvgIpc) is 2.94. The van der Waals surface area contributed by atoms with Gasteiger partial charge in [-0.05, 0) is 44.0 Å². The summed E-state index contributed by atoms with van der Waals surface area (Å²) in [5.41, 5.74) is 0.717. The zero-order chi connectivity index (χ0) is 14.4. The summed E-state index contributed by atoms with van der Waals surface area (Å²) >= 11 is 5.13. The van der Waals surface area contributed by atoms with Gasteiger partial charge in [-0.3, -0.25) is 4.79 Å². The second-order valence-electron chi connectivity index (χ2n) is 4.87. The van der Waals surface area contributed by atoms with Crippen molar-refractivity contribution in [2.45, 2.75) is 38.6 Å². The van der Waals surface area contributed by atoms with E-state index in [4.69, 9.17) is 17.0 Å². The van der Waals surface area contributed by atoms with Gasteiger partial charge in [-0.1, -0.05) is 25.1 Å². The van der Waals surface area contributed by atoms with E-state index in [1.807, 2.05) is 19.1 Å². The Labute approximate surface area is 124 Å². The van der Waals surface area contributed by atoms with Gasteiger partial charge in [0.25, 0.3) is 5.91 Å². The Kier molecular flexibility index (Phi) is 5.35. The average molecular weight is 292 g/mol. The van der Waals surface area contributed by atoms with Gasteiger partial charge in [0.1, 0.15) is 5.75 Å². The quantitative estimate of drug-likeness (QED) is 0.838. The van der Waals surface area contributed by atoms with Crippen molar-refractivity contribution in [2.75, 3.05) is 11.9 Å². The van der Waals surface area contributed by atoms with E-state index >= 15 is 0 Å². The van der Waals surface area contributed by atoms with Crippen LogP contribution in [0.4, 0.5) is 5.69 Å². The van der Waals surface area contributed by atoms with Crippen molar-refractivity contribution in [3.05, 3.63) is 24.3 Å². The summed E-state index contributed by atoms with van der Waals surface area (Å²) in [6.45, 7) is 2.56. The van der Waals surface area contributed by atoms with E-state index in [1.54, 1.807) is 12.1 Å². The molecule has 2 N–H and O–H groups in total. The number of nitrogens with one attached hydrogen (secondary N) is 2. The molecule has 1 aromatic rings. The number of hydrogen-bond donors (Lipinski definition) is 2. The summed E-state index contributed by atoms with van der Waals surface area (Å²) in [6.07, 6.45) is 4.61. The van der Waals surface area contributed by atoms with Gasteiger partial charge in [0, 0.05) is 11.7 Å². The monoisotopic (exact) mass is 292 g/mol. The molecule has 5 heteroatoms.